The molecule has 218 valence electrons. The quantitative estimate of drug-likeness (QED) is 0.327. The van der Waals surface area contributed by atoms with Crippen LogP contribution in [0.15, 0.2) is 71.1 Å². The van der Waals surface area contributed by atoms with E-state index in [2.05, 4.69) is 64.2 Å². The molecule has 0 fully saturated rings. The molecule has 0 saturated carbocycles. The van der Waals surface area contributed by atoms with Crippen LogP contribution in [0.4, 0.5) is 0 Å². The number of hydrogen-bond acceptors (Lipinski definition) is 5. The third-order valence-corrected chi connectivity index (χ3v) is 9.22. The third kappa shape index (κ3) is 5.02. The highest BCUT2D eigenvalue weighted by atomic mass is 35.5. The molecule has 6 heteroatoms. The molecule has 42 heavy (non-hydrogen) atoms. The van der Waals surface area contributed by atoms with E-state index in [0.717, 1.165) is 51.7 Å². The van der Waals surface area contributed by atoms with E-state index in [1.165, 1.54) is 0 Å². The SMILES string of the molecule is COc1cc(C2C3=C(CC(C)(C)CC3=O)NC3=C2C(=O)CC(C)(C)C3)cc(Cl)c1OCc1c(C)ccc2ccccc12. The molecule has 0 spiro atoms. The van der Waals surface area contributed by atoms with E-state index >= 15 is 0 Å². The van der Waals surface area contributed by atoms with Crippen LogP contribution in [-0.4, -0.2) is 18.7 Å². The van der Waals surface area contributed by atoms with Crippen molar-refractivity contribution in [2.75, 3.05) is 7.11 Å². The first kappa shape index (κ1) is 28.5. The largest absolute Gasteiger partial charge is 0.493 e. The van der Waals surface area contributed by atoms with Crippen LogP contribution >= 0.6 is 11.6 Å². The second kappa shape index (κ2) is 10.3. The van der Waals surface area contributed by atoms with E-state index in [1.54, 1.807) is 7.11 Å². The highest BCUT2D eigenvalue weighted by Gasteiger charge is 2.46. The van der Waals surface area contributed by atoms with Gasteiger partial charge in [-0.05, 0) is 64.6 Å². The van der Waals surface area contributed by atoms with Crippen molar-refractivity contribution in [1.82, 2.24) is 5.32 Å². The summed E-state index contributed by atoms with van der Waals surface area (Å²) in [6.45, 7) is 10.9. The van der Waals surface area contributed by atoms with Gasteiger partial charge in [-0.1, -0.05) is 75.7 Å². The number of aryl methyl sites for hydroxylation is 1. The highest BCUT2D eigenvalue weighted by Crippen LogP contribution is 2.52. The van der Waals surface area contributed by atoms with Gasteiger partial charge in [0.2, 0.25) is 0 Å². The Morgan fingerprint density at radius 3 is 2.12 bits per heavy atom. The Hall–Kier alpha value is -3.57. The minimum atomic E-state index is -0.496. The fourth-order valence-corrected chi connectivity index (χ4v) is 7.32. The molecule has 3 aromatic carbocycles. The van der Waals surface area contributed by atoms with E-state index in [1.807, 2.05) is 24.3 Å². The normalized spacial score (nSPS) is 19.9. The number of carbonyl (C=O) groups is 2. The first-order chi connectivity index (χ1) is 19.9. The van der Waals surface area contributed by atoms with Crippen LogP contribution in [0.2, 0.25) is 5.02 Å². The number of hydrogen-bond donors (Lipinski definition) is 1. The Labute approximate surface area is 252 Å². The Morgan fingerprint density at radius 1 is 0.881 bits per heavy atom. The zero-order valence-electron chi connectivity index (χ0n) is 25.2. The van der Waals surface area contributed by atoms with Crippen molar-refractivity contribution in [1.29, 1.82) is 0 Å². The summed E-state index contributed by atoms with van der Waals surface area (Å²) in [6, 6.07) is 16.2. The predicted octanol–water partition coefficient (Wildman–Crippen LogP) is 8.36. The summed E-state index contributed by atoms with van der Waals surface area (Å²) in [4.78, 5) is 27.4. The molecule has 0 radical (unpaired) electrons. The van der Waals surface area contributed by atoms with Crippen molar-refractivity contribution < 1.29 is 19.1 Å². The minimum Gasteiger partial charge on any atom is -0.493 e. The summed E-state index contributed by atoms with van der Waals surface area (Å²) in [5.74, 6) is 0.573. The summed E-state index contributed by atoms with van der Waals surface area (Å²) in [5.41, 5.74) is 5.88. The molecule has 3 aromatic rings. The Morgan fingerprint density at radius 2 is 1.50 bits per heavy atom. The van der Waals surface area contributed by atoms with Gasteiger partial charge in [-0.2, -0.15) is 0 Å². The molecule has 0 aromatic heterocycles. The summed E-state index contributed by atoms with van der Waals surface area (Å²) >= 11 is 6.95. The summed E-state index contributed by atoms with van der Waals surface area (Å²) < 4.78 is 12.2. The molecule has 6 rings (SSSR count). The molecule has 0 unspecified atom stereocenters. The molecule has 1 N–H and O–H groups in total. The fourth-order valence-electron chi connectivity index (χ4n) is 7.05. The summed E-state index contributed by atoms with van der Waals surface area (Å²) in [6.07, 6.45) is 2.35. The van der Waals surface area contributed by atoms with E-state index < -0.39 is 5.92 Å². The van der Waals surface area contributed by atoms with E-state index in [-0.39, 0.29) is 22.4 Å². The number of halogens is 1. The number of carbonyl (C=O) groups excluding carboxylic acids is 2. The number of fused-ring (bicyclic) bond motifs is 1. The monoisotopic (exact) mass is 583 g/mol. The van der Waals surface area contributed by atoms with Gasteiger partial charge in [-0.25, -0.2) is 0 Å². The molecule has 1 heterocycles. The van der Waals surface area contributed by atoms with Crippen LogP contribution in [-0.2, 0) is 16.2 Å². The van der Waals surface area contributed by atoms with Crippen molar-refractivity contribution >= 4 is 33.9 Å². The summed E-state index contributed by atoms with van der Waals surface area (Å²) in [7, 11) is 1.59. The van der Waals surface area contributed by atoms with Gasteiger partial charge in [-0.15, -0.1) is 0 Å². The number of ether oxygens (including phenoxy) is 2. The maximum atomic E-state index is 13.7. The second-order valence-electron chi connectivity index (χ2n) is 13.6. The lowest BCUT2D eigenvalue weighted by atomic mass is 9.64. The predicted molar refractivity (Wildman–Crippen MR) is 167 cm³/mol. The van der Waals surface area contributed by atoms with E-state index in [4.69, 9.17) is 21.1 Å². The first-order valence-electron chi connectivity index (χ1n) is 14.6. The Bertz CT molecular complexity index is 1660. The Kier molecular flexibility index (Phi) is 7.00. The number of dihydropyridines is 1. The molecule has 0 amide bonds. The van der Waals surface area contributed by atoms with Crippen LogP contribution < -0.4 is 14.8 Å². The first-order valence-corrected chi connectivity index (χ1v) is 15.0. The van der Waals surface area contributed by atoms with Crippen molar-refractivity contribution in [2.24, 2.45) is 10.8 Å². The van der Waals surface area contributed by atoms with Crippen LogP contribution in [0.5, 0.6) is 11.5 Å². The highest BCUT2D eigenvalue weighted by molar-refractivity contribution is 6.32. The van der Waals surface area contributed by atoms with Crippen LogP contribution in [0.1, 0.15) is 76.0 Å². The van der Waals surface area contributed by atoms with Gasteiger partial charge in [0.15, 0.2) is 23.1 Å². The van der Waals surface area contributed by atoms with Crippen molar-refractivity contribution in [3.05, 3.63) is 92.8 Å². The van der Waals surface area contributed by atoms with Gasteiger partial charge in [0.05, 0.1) is 12.1 Å². The molecule has 3 aliphatic rings. The van der Waals surface area contributed by atoms with E-state index in [9.17, 15) is 9.59 Å². The lowest BCUT2D eigenvalue weighted by Gasteiger charge is -2.44. The average Bonchev–Trinajstić information content (AvgIpc) is 2.90. The molecular weight excluding hydrogens is 546 g/mol. The topological polar surface area (TPSA) is 64.6 Å². The fraction of sp³-hybridized carbons (Fsp3) is 0.389. The summed E-state index contributed by atoms with van der Waals surface area (Å²) in [5, 5.41) is 6.24. The maximum absolute atomic E-state index is 13.7. The number of methoxy groups -OCH3 is 1. The number of ketones is 2. The number of benzene rings is 3. The van der Waals surface area contributed by atoms with Crippen LogP contribution in [0.25, 0.3) is 10.8 Å². The lowest BCUT2D eigenvalue weighted by Crippen LogP contribution is -2.42. The maximum Gasteiger partial charge on any atom is 0.180 e. The molecule has 1 aliphatic heterocycles. The van der Waals surface area contributed by atoms with Crippen LogP contribution in [0.3, 0.4) is 0 Å². The van der Waals surface area contributed by atoms with Gasteiger partial charge >= 0.3 is 0 Å². The number of nitrogens with one attached hydrogen (secondary N) is 1. The number of Topliss-reactive ketones (excluding diaryl/α,β-unsaturated/α-hetero) is 2. The Balaban J connectivity index is 1.43. The third-order valence-electron chi connectivity index (χ3n) is 8.94. The minimum absolute atomic E-state index is 0.0739. The smallest absolute Gasteiger partial charge is 0.180 e. The van der Waals surface area contributed by atoms with Gasteiger partial charge in [0.25, 0.3) is 0 Å². The molecule has 2 aliphatic carbocycles. The van der Waals surface area contributed by atoms with Crippen LogP contribution in [0, 0.1) is 17.8 Å². The van der Waals surface area contributed by atoms with E-state index in [0.29, 0.717) is 47.1 Å². The van der Waals surface area contributed by atoms with Crippen molar-refractivity contribution in [3.63, 3.8) is 0 Å². The van der Waals surface area contributed by atoms with Crippen molar-refractivity contribution in [3.8, 4) is 11.5 Å². The van der Waals surface area contributed by atoms with Gasteiger partial charge in [0.1, 0.15) is 6.61 Å². The number of allylic oxidation sites excluding steroid dienone is 4. The lowest BCUT2D eigenvalue weighted by molar-refractivity contribution is -0.119. The zero-order chi connectivity index (χ0) is 30.0. The second-order valence-corrected chi connectivity index (χ2v) is 14.0. The molecular formula is C36H38ClNO4. The number of rotatable bonds is 5. The molecule has 0 bridgehead atoms. The van der Waals surface area contributed by atoms with Gasteiger partial charge < -0.3 is 14.8 Å². The average molecular weight is 584 g/mol. The van der Waals surface area contributed by atoms with Gasteiger partial charge in [-0.3, -0.25) is 9.59 Å². The van der Waals surface area contributed by atoms with Gasteiger partial charge in [0, 0.05) is 46.9 Å². The zero-order valence-corrected chi connectivity index (χ0v) is 26.0. The molecule has 5 nitrogen and oxygen atoms in total. The van der Waals surface area contributed by atoms with Crippen molar-refractivity contribution in [2.45, 2.75) is 72.8 Å². The molecule has 0 atom stereocenters. The molecule has 0 saturated heterocycles. The standard InChI is InChI=1S/C36H38ClNO4/c1-20-11-12-21-9-7-8-10-23(21)24(20)19-42-34-25(37)13-22(14-30(34)41-6)31-32-26(15-35(2,3)17-28(32)39)38-27-16-36(4,5)18-29(40)33(27)31/h7-14,31,38H,15-19H2,1-6H3.